The molecule has 0 aliphatic heterocycles. The Kier molecular flexibility index (Phi) is 4.41. The maximum absolute atomic E-state index is 8.32. The minimum Gasteiger partial charge on any atom is -0.421 e. The standard InChI is InChI=1S/C22H16N4O/c23-21(18-11-17(13-26-14-18)16-7-4-10-25-12-16)27-22(24)20-9-3-6-15-5-1-2-8-19(15)20/h1-14,23-24H. The summed E-state index contributed by atoms with van der Waals surface area (Å²) in [5, 5.41) is 18.5. The monoisotopic (exact) mass is 352 g/mol. The van der Waals surface area contributed by atoms with E-state index >= 15 is 0 Å². The van der Waals surface area contributed by atoms with E-state index in [1.807, 2.05) is 60.7 Å². The molecule has 0 saturated heterocycles. The highest BCUT2D eigenvalue weighted by atomic mass is 16.5. The van der Waals surface area contributed by atoms with E-state index in [2.05, 4.69) is 9.97 Å². The number of hydrogen-bond donors (Lipinski definition) is 2. The summed E-state index contributed by atoms with van der Waals surface area (Å²) in [4.78, 5) is 8.30. The molecule has 4 rings (SSSR count). The maximum atomic E-state index is 8.32. The van der Waals surface area contributed by atoms with Crippen LogP contribution in [0.3, 0.4) is 0 Å². The van der Waals surface area contributed by atoms with Gasteiger partial charge in [-0.1, -0.05) is 42.5 Å². The fourth-order valence-corrected chi connectivity index (χ4v) is 2.89. The lowest BCUT2D eigenvalue weighted by atomic mass is 10.0. The van der Waals surface area contributed by atoms with E-state index in [0.717, 1.165) is 21.9 Å². The van der Waals surface area contributed by atoms with Crippen LogP contribution in [0.1, 0.15) is 11.1 Å². The van der Waals surface area contributed by atoms with Crippen molar-refractivity contribution in [2.24, 2.45) is 0 Å². The molecule has 0 atom stereocenters. The molecule has 5 nitrogen and oxygen atoms in total. The molecule has 2 aromatic carbocycles. The van der Waals surface area contributed by atoms with Crippen LogP contribution >= 0.6 is 0 Å². The summed E-state index contributed by atoms with van der Waals surface area (Å²) in [6.07, 6.45) is 6.71. The molecule has 27 heavy (non-hydrogen) atoms. The minimum absolute atomic E-state index is 0.0661. The van der Waals surface area contributed by atoms with Crippen LogP contribution in [-0.4, -0.2) is 21.8 Å². The first-order chi connectivity index (χ1) is 13.2. The minimum atomic E-state index is -0.119. The van der Waals surface area contributed by atoms with E-state index in [1.54, 1.807) is 24.8 Å². The van der Waals surface area contributed by atoms with Gasteiger partial charge in [0.25, 0.3) is 0 Å². The third-order valence-corrected chi connectivity index (χ3v) is 4.23. The summed E-state index contributed by atoms with van der Waals surface area (Å²) < 4.78 is 5.53. The first kappa shape index (κ1) is 16.6. The molecule has 2 heterocycles. The second kappa shape index (κ2) is 7.17. The molecule has 0 aliphatic rings. The number of nitrogens with zero attached hydrogens (tertiary/aromatic N) is 2. The van der Waals surface area contributed by atoms with E-state index in [-0.39, 0.29) is 11.8 Å². The van der Waals surface area contributed by atoms with Gasteiger partial charge in [0.15, 0.2) is 0 Å². The number of benzene rings is 2. The summed E-state index contributed by atoms with van der Waals surface area (Å²) in [5.41, 5.74) is 2.89. The van der Waals surface area contributed by atoms with Gasteiger partial charge in [-0.25, -0.2) is 0 Å². The maximum Gasteiger partial charge on any atom is 0.222 e. The molecule has 5 heteroatoms. The lowest BCUT2D eigenvalue weighted by Crippen LogP contribution is -2.13. The number of rotatable bonds is 3. The van der Waals surface area contributed by atoms with Crippen LogP contribution in [0.4, 0.5) is 0 Å². The van der Waals surface area contributed by atoms with E-state index in [4.69, 9.17) is 15.6 Å². The fourth-order valence-electron chi connectivity index (χ4n) is 2.89. The Labute approximate surface area is 156 Å². The Bertz CT molecular complexity index is 1130. The van der Waals surface area contributed by atoms with Crippen LogP contribution in [0.25, 0.3) is 21.9 Å². The average Bonchev–Trinajstić information content (AvgIpc) is 2.74. The predicted molar refractivity (Wildman–Crippen MR) is 106 cm³/mol. The van der Waals surface area contributed by atoms with Gasteiger partial charge >= 0.3 is 0 Å². The van der Waals surface area contributed by atoms with Gasteiger partial charge in [-0.3, -0.25) is 20.8 Å². The Morgan fingerprint density at radius 1 is 0.741 bits per heavy atom. The molecule has 0 aliphatic carbocycles. The Morgan fingerprint density at radius 2 is 1.56 bits per heavy atom. The van der Waals surface area contributed by atoms with Crippen LogP contribution in [0, 0.1) is 10.8 Å². The van der Waals surface area contributed by atoms with Gasteiger partial charge in [-0.05, 0) is 29.0 Å². The fraction of sp³-hybridized carbons (Fsp3) is 0. The topological polar surface area (TPSA) is 82.7 Å². The van der Waals surface area contributed by atoms with Crippen LogP contribution in [0.5, 0.6) is 0 Å². The Hall–Kier alpha value is -3.86. The Balaban J connectivity index is 1.60. The summed E-state index contributed by atoms with van der Waals surface area (Å²) >= 11 is 0. The second-order valence-electron chi connectivity index (χ2n) is 5.99. The molecule has 0 fully saturated rings. The molecule has 2 aromatic heterocycles. The van der Waals surface area contributed by atoms with Crippen molar-refractivity contribution in [3.05, 3.63) is 96.6 Å². The second-order valence-corrected chi connectivity index (χ2v) is 5.99. The van der Waals surface area contributed by atoms with Crippen molar-refractivity contribution in [1.82, 2.24) is 9.97 Å². The highest BCUT2D eigenvalue weighted by Gasteiger charge is 2.13. The zero-order valence-corrected chi connectivity index (χ0v) is 14.4. The number of fused-ring (bicyclic) bond motifs is 1. The lowest BCUT2D eigenvalue weighted by Gasteiger charge is -2.11. The van der Waals surface area contributed by atoms with Gasteiger partial charge in [-0.15, -0.1) is 0 Å². The van der Waals surface area contributed by atoms with Crippen LogP contribution in [0.2, 0.25) is 0 Å². The highest BCUT2D eigenvalue weighted by molar-refractivity contribution is 6.11. The number of aromatic nitrogens is 2. The summed E-state index contributed by atoms with van der Waals surface area (Å²) in [7, 11) is 0. The quantitative estimate of drug-likeness (QED) is 0.415. The van der Waals surface area contributed by atoms with Crippen molar-refractivity contribution in [2.45, 2.75) is 0 Å². The van der Waals surface area contributed by atoms with Crippen molar-refractivity contribution in [2.75, 3.05) is 0 Å². The SMILES string of the molecule is N=C(OC(=N)c1cccc2ccccc12)c1cncc(-c2cccnc2)c1. The molecule has 0 saturated carbocycles. The molecule has 0 amide bonds. The van der Waals surface area contributed by atoms with Gasteiger partial charge in [0.05, 0.1) is 5.56 Å². The van der Waals surface area contributed by atoms with Gasteiger partial charge in [0.2, 0.25) is 11.8 Å². The van der Waals surface area contributed by atoms with Gasteiger partial charge in [0, 0.05) is 41.5 Å². The Morgan fingerprint density at radius 3 is 2.41 bits per heavy atom. The van der Waals surface area contributed by atoms with Crippen molar-refractivity contribution in [1.29, 1.82) is 10.8 Å². The van der Waals surface area contributed by atoms with Crippen LogP contribution < -0.4 is 0 Å². The van der Waals surface area contributed by atoms with E-state index < -0.39 is 0 Å². The molecule has 130 valence electrons. The summed E-state index contributed by atoms with van der Waals surface area (Å²) in [5.74, 6) is -0.185. The number of hydrogen-bond acceptors (Lipinski definition) is 5. The zero-order valence-electron chi connectivity index (χ0n) is 14.4. The average molecular weight is 352 g/mol. The van der Waals surface area contributed by atoms with Crippen LogP contribution in [0.15, 0.2) is 85.5 Å². The number of pyridine rings is 2. The molecule has 0 spiro atoms. The van der Waals surface area contributed by atoms with Crippen molar-refractivity contribution in [3.8, 4) is 11.1 Å². The molecule has 2 N–H and O–H groups in total. The van der Waals surface area contributed by atoms with Gasteiger partial charge < -0.3 is 4.74 Å². The number of ether oxygens (including phenoxy) is 1. The van der Waals surface area contributed by atoms with E-state index in [9.17, 15) is 0 Å². The lowest BCUT2D eigenvalue weighted by molar-refractivity contribution is 0.538. The van der Waals surface area contributed by atoms with Gasteiger partial charge in [0.1, 0.15) is 0 Å². The van der Waals surface area contributed by atoms with E-state index in [0.29, 0.717) is 11.1 Å². The predicted octanol–water partition coefficient (Wildman–Crippen LogP) is 4.66. The first-order valence-electron chi connectivity index (χ1n) is 8.41. The normalized spacial score (nSPS) is 10.5. The molecule has 4 aromatic rings. The van der Waals surface area contributed by atoms with Crippen LogP contribution in [-0.2, 0) is 4.74 Å². The summed E-state index contributed by atoms with van der Waals surface area (Å²) in [6, 6.07) is 19.1. The zero-order chi connectivity index (χ0) is 18.6. The van der Waals surface area contributed by atoms with Crippen molar-refractivity contribution >= 4 is 22.6 Å². The molecular formula is C22H16N4O. The molecule has 0 unspecified atom stereocenters. The van der Waals surface area contributed by atoms with Gasteiger partial charge in [-0.2, -0.15) is 0 Å². The van der Waals surface area contributed by atoms with Crippen molar-refractivity contribution in [3.63, 3.8) is 0 Å². The largest absolute Gasteiger partial charge is 0.421 e. The first-order valence-corrected chi connectivity index (χ1v) is 8.41. The smallest absolute Gasteiger partial charge is 0.222 e. The highest BCUT2D eigenvalue weighted by Crippen LogP contribution is 2.21. The molecule has 0 radical (unpaired) electrons. The molecular weight excluding hydrogens is 336 g/mol. The van der Waals surface area contributed by atoms with E-state index in [1.165, 1.54) is 0 Å². The summed E-state index contributed by atoms with van der Waals surface area (Å²) in [6.45, 7) is 0. The van der Waals surface area contributed by atoms with Crippen molar-refractivity contribution < 1.29 is 4.74 Å². The number of nitrogens with one attached hydrogen (secondary N) is 2. The molecule has 0 bridgehead atoms. The third kappa shape index (κ3) is 3.43. The third-order valence-electron chi connectivity index (χ3n) is 4.23.